The first-order chi connectivity index (χ1) is 20.4. The Labute approximate surface area is 253 Å². The minimum Gasteiger partial charge on any atom is -0.485 e. The Morgan fingerprint density at radius 3 is 2.36 bits per heavy atom. The fourth-order valence-electron chi connectivity index (χ4n) is 5.62. The number of anilines is 1. The number of rotatable bonds is 10. The van der Waals surface area contributed by atoms with Gasteiger partial charge in [0, 0.05) is 22.8 Å². The Kier molecular flexibility index (Phi) is 8.48. The third-order valence-corrected chi connectivity index (χ3v) is 8.04. The first-order valence-corrected chi connectivity index (χ1v) is 14.9. The zero-order valence-corrected chi connectivity index (χ0v) is 24.8. The van der Waals surface area contributed by atoms with Gasteiger partial charge in [-0.25, -0.2) is 0 Å². The molecule has 1 N–H and O–H groups in total. The maximum atomic E-state index is 6.70. The zero-order valence-electron chi connectivity index (χ0n) is 24.1. The van der Waals surface area contributed by atoms with Crippen LogP contribution in [0.3, 0.4) is 0 Å². The summed E-state index contributed by atoms with van der Waals surface area (Å²) in [6.07, 6.45) is 0.189. The summed E-state index contributed by atoms with van der Waals surface area (Å²) in [5, 5.41) is 6.69. The maximum absolute atomic E-state index is 6.70. The van der Waals surface area contributed by atoms with Gasteiger partial charge in [0.05, 0.1) is 13.2 Å². The van der Waals surface area contributed by atoms with Crippen LogP contribution < -0.4 is 10.1 Å². The van der Waals surface area contributed by atoms with Gasteiger partial charge < -0.3 is 19.5 Å². The van der Waals surface area contributed by atoms with E-state index in [9.17, 15) is 0 Å². The topological polar surface area (TPSA) is 39.7 Å². The summed E-state index contributed by atoms with van der Waals surface area (Å²) in [6, 6.07) is 39.4. The fraction of sp³-hybridized carbons (Fsp3) is 0.243. The summed E-state index contributed by atoms with van der Waals surface area (Å²) in [5.41, 5.74) is 4.86. The molecular formula is C37H36ClNO3. The molecule has 1 heterocycles. The lowest BCUT2D eigenvalue weighted by Gasteiger charge is -2.44. The molecule has 1 aliphatic heterocycles. The van der Waals surface area contributed by atoms with E-state index in [0.717, 1.165) is 39.6 Å². The number of hydrogen-bond acceptors (Lipinski definition) is 4. The van der Waals surface area contributed by atoms with Crippen LogP contribution in [0.4, 0.5) is 5.69 Å². The average molecular weight is 578 g/mol. The van der Waals surface area contributed by atoms with Crippen molar-refractivity contribution >= 4 is 28.1 Å². The number of nitrogens with one attached hydrogen (secondary N) is 1. The predicted molar refractivity (Wildman–Crippen MR) is 171 cm³/mol. The summed E-state index contributed by atoms with van der Waals surface area (Å²) in [5.74, 6) is 0.823. The van der Waals surface area contributed by atoms with Gasteiger partial charge in [0.25, 0.3) is 0 Å². The molecule has 0 aliphatic carbocycles. The lowest BCUT2D eigenvalue weighted by molar-refractivity contribution is -0.167. The Morgan fingerprint density at radius 1 is 0.738 bits per heavy atom. The van der Waals surface area contributed by atoms with Crippen molar-refractivity contribution in [3.63, 3.8) is 0 Å². The van der Waals surface area contributed by atoms with Gasteiger partial charge >= 0.3 is 0 Å². The van der Waals surface area contributed by atoms with Gasteiger partial charge in [-0.3, -0.25) is 0 Å². The fourth-order valence-corrected chi connectivity index (χ4v) is 5.84. The largest absolute Gasteiger partial charge is 0.485 e. The highest BCUT2D eigenvalue weighted by Gasteiger charge is 2.45. The van der Waals surface area contributed by atoms with Crippen molar-refractivity contribution in [2.75, 3.05) is 11.9 Å². The molecule has 2 atom stereocenters. The highest BCUT2D eigenvalue weighted by Crippen LogP contribution is 2.44. The van der Waals surface area contributed by atoms with Gasteiger partial charge in [-0.05, 0) is 84.1 Å². The molecule has 0 radical (unpaired) electrons. The Morgan fingerprint density at radius 2 is 1.52 bits per heavy atom. The monoisotopic (exact) mass is 577 g/mol. The lowest BCUT2D eigenvalue weighted by Crippen LogP contribution is -2.51. The van der Waals surface area contributed by atoms with E-state index in [2.05, 4.69) is 104 Å². The predicted octanol–water partition coefficient (Wildman–Crippen LogP) is 9.16. The maximum Gasteiger partial charge on any atom is 0.132 e. The van der Waals surface area contributed by atoms with Gasteiger partial charge in [0.15, 0.2) is 0 Å². The quantitative estimate of drug-likeness (QED) is 0.180. The lowest BCUT2D eigenvalue weighted by atomic mass is 9.87. The Hall–Kier alpha value is -3.83. The van der Waals surface area contributed by atoms with Gasteiger partial charge in [0.1, 0.15) is 23.6 Å². The number of halogens is 1. The van der Waals surface area contributed by atoms with E-state index >= 15 is 0 Å². The molecule has 5 aromatic rings. The third-order valence-electron chi connectivity index (χ3n) is 7.81. The summed E-state index contributed by atoms with van der Waals surface area (Å²) in [6.45, 7) is 5.86. The van der Waals surface area contributed by atoms with Crippen molar-refractivity contribution < 1.29 is 14.2 Å². The number of fused-ring (bicyclic) bond motifs is 2. The van der Waals surface area contributed by atoms with Crippen LogP contribution in [0.2, 0.25) is 5.02 Å². The Bertz CT molecular complexity index is 1650. The summed E-state index contributed by atoms with van der Waals surface area (Å²) < 4.78 is 20.0. The van der Waals surface area contributed by atoms with Gasteiger partial charge in [0.2, 0.25) is 0 Å². The molecule has 0 fully saturated rings. The van der Waals surface area contributed by atoms with Crippen LogP contribution in [0.15, 0.2) is 115 Å². The van der Waals surface area contributed by atoms with Crippen LogP contribution in [-0.4, -0.2) is 18.3 Å². The van der Waals surface area contributed by atoms with Crippen LogP contribution in [0, 0.1) is 0 Å². The number of benzene rings is 5. The molecular weight excluding hydrogens is 542 g/mol. The van der Waals surface area contributed by atoms with Crippen molar-refractivity contribution in [2.45, 2.75) is 51.2 Å². The molecule has 5 aromatic carbocycles. The molecule has 5 heteroatoms. The third kappa shape index (κ3) is 6.63. The molecule has 0 saturated heterocycles. The molecule has 2 unspecified atom stereocenters. The van der Waals surface area contributed by atoms with Crippen molar-refractivity contribution in [1.82, 2.24) is 0 Å². The van der Waals surface area contributed by atoms with E-state index in [1.807, 2.05) is 30.3 Å². The normalized spacial score (nSPS) is 17.4. The second kappa shape index (κ2) is 12.6. The summed E-state index contributed by atoms with van der Waals surface area (Å²) in [4.78, 5) is 0. The van der Waals surface area contributed by atoms with Gasteiger partial charge in [-0.15, -0.1) is 0 Å². The average Bonchev–Trinajstić information content (AvgIpc) is 3.00. The van der Waals surface area contributed by atoms with E-state index < -0.39 is 5.60 Å². The number of ether oxygens (including phenoxy) is 3. The van der Waals surface area contributed by atoms with Gasteiger partial charge in [-0.1, -0.05) is 90.5 Å². The highest BCUT2D eigenvalue weighted by molar-refractivity contribution is 6.30. The van der Waals surface area contributed by atoms with E-state index in [1.54, 1.807) is 0 Å². The molecule has 42 heavy (non-hydrogen) atoms. The highest BCUT2D eigenvalue weighted by atomic mass is 35.5. The van der Waals surface area contributed by atoms with Gasteiger partial charge in [-0.2, -0.15) is 0 Å². The summed E-state index contributed by atoms with van der Waals surface area (Å²) >= 11 is 6.20. The molecule has 1 aliphatic rings. The zero-order chi connectivity index (χ0) is 28.9. The van der Waals surface area contributed by atoms with Crippen LogP contribution in [-0.2, 0) is 29.0 Å². The van der Waals surface area contributed by atoms with Crippen molar-refractivity contribution in [3.8, 4) is 5.75 Å². The molecule has 0 saturated carbocycles. The van der Waals surface area contributed by atoms with Crippen molar-refractivity contribution in [2.24, 2.45) is 0 Å². The van der Waals surface area contributed by atoms with Crippen molar-refractivity contribution in [1.29, 1.82) is 0 Å². The van der Waals surface area contributed by atoms with E-state index in [0.29, 0.717) is 19.8 Å². The minimum atomic E-state index is -0.600. The molecule has 214 valence electrons. The van der Waals surface area contributed by atoms with Crippen LogP contribution in [0.25, 0.3) is 10.8 Å². The molecule has 6 rings (SSSR count). The molecule has 0 bridgehead atoms. The number of hydrogen-bond donors (Lipinski definition) is 1. The van der Waals surface area contributed by atoms with E-state index in [1.165, 1.54) is 16.3 Å². The van der Waals surface area contributed by atoms with Crippen LogP contribution >= 0.6 is 11.6 Å². The standard InChI is InChI=1S/C37H36ClNO3/c1-37(2)36(41-25-28-15-16-29-12-6-7-13-30(29)21-28)35(40-20-19-26-9-4-3-5-10-26)33-23-32(17-18-34(33)42-37)39-24-27-11-8-14-31(38)22-27/h3-18,21-23,35-36,39H,19-20,24-25H2,1-2H3. The Balaban J connectivity index is 1.26. The first-order valence-electron chi connectivity index (χ1n) is 14.5. The molecule has 4 nitrogen and oxygen atoms in total. The summed E-state index contributed by atoms with van der Waals surface area (Å²) in [7, 11) is 0. The second-order valence-corrected chi connectivity index (χ2v) is 11.8. The minimum absolute atomic E-state index is 0.305. The molecule has 0 spiro atoms. The first kappa shape index (κ1) is 28.3. The second-order valence-electron chi connectivity index (χ2n) is 11.4. The SMILES string of the molecule is CC1(C)Oc2ccc(NCc3cccc(Cl)c3)cc2C(OCCc2ccccc2)C1OCc1ccc2ccccc2c1. The smallest absolute Gasteiger partial charge is 0.132 e. The van der Waals surface area contributed by atoms with Crippen LogP contribution in [0.5, 0.6) is 5.75 Å². The van der Waals surface area contributed by atoms with Crippen LogP contribution in [0.1, 0.15) is 42.2 Å². The van der Waals surface area contributed by atoms with E-state index in [-0.39, 0.29) is 12.2 Å². The molecule has 0 amide bonds. The molecule has 0 aromatic heterocycles. The van der Waals surface area contributed by atoms with Crippen molar-refractivity contribution in [3.05, 3.63) is 143 Å². The van der Waals surface area contributed by atoms with E-state index in [4.69, 9.17) is 25.8 Å².